The number of rotatable bonds is 2. The quantitative estimate of drug-likeness (QED) is 0.540. The molecule has 0 fully saturated rings. The molecule has 0 N–H and O–H groups in total. The van der Waals surface area contributed by atoms with Crippen molar-refractivity contribution in [2.45, 2.75) is 6.92 Å². The number of para-hydroxylation sites is 1. The molecule has 2 heterocycles. The van der Waals surface area contributed by atoms with Crippen molar-refractivity contribution in [1.82, 2.24) is 15.0 Å². The fourth-order valence-corrected chi connectivity index (χ4v) is 2.54. The third-order valence-corrected chi connectivity index (χ3v) is 3.81. The molecule has 2 aromatic heterocycles. The second kappa shape index (κ2) is 5.61. The number of benzene rings is 2. The van der Waals surface area contributed by atoms with Crippen molar-refractivity contribution >= 4 is 10.9 Å². The highest BCUT2D eigenvalue weighted by Crippen LogP contribution is 2.22. The maximum absolute atomic E-state index is 4.72. The van der Waals surface area contributed by atoms with E-state index in [0.29, 0.717) is 5.82 Å². The van der Waals surface area contributed by atoms with E-state index in [4.69, 9.17) is 4.98 Å². The molecule has 0 spiro atoms. The summed E-state index contributed by atoms with van der Waals surface area (Å²) in [6, 6.07) is 22.3. The van der Waals surface area contributed by atoms with Gasteiger partial charge in [0.1, 0.15) is 5.69 Å². The maximum atomic E-state index is 4.72. The summed E-state index contributed by atoms with van der Waals surface area (Å²) in [6.45, 7) is 2.08. The lowest BCUT2D eigenvalue weighted by Crippen LogP contribution is -1.93. The zero-order chi connectivity index (χ0) is 15.6. The number of hydrogen-bond acceptors (Lipinski definition) is 3. The van der Waals surface area contributed by atoms with Gasteiger partial charge in [-0.05, 0) is 25.1 Å². The normalized spacial score (nSPS) is 10.8. The molecule has 0 amide bonds. The summed E-state index contributed by atoms with van der Waals surface area (Å²) >= 11 is 0. The predicted molar refractivity (Wildman–Crippen MR) is 92.9 cm³/mol. The first kappa shape index (κ1) is 13.6. The average Bonchev–Trinajstić information content (AvgIpc) is 2.62. The molecular formula is C20H15N3. The molecule has 0 aliphatic carbocycles. The van der Waals surface area contributed by atoms with Crippen molar-refractivity contribution in [3.8, 4) is 22.8 Å². The zero-order valence-corrected chi connectivity index (χ0v) is 12.8. The van der Waals surface area contributed by atoms with Crippen molar-refractivity contribution in [2.24, 2.45) is 0 Å². The van der Waals surface area contributed by atoms with Gasteiger partial charge in [-0.1, -0.05) is 54.1 Å². The monoisotopic (exact) mass is 297 g/mol. The molecule has 0 radical (unpaired) electrons. The number of pyridine rings is 1. The van der Waals surface area contributed by atoms with Gasteiger partial charge in [0.25, 0.3) is 0 Å². The van der Waals surface area contributed by atoms with Crippen LogP contribution in [0.1, 0.15) is 5.56 Å². The summed E-state index contributed by atoms with van der Waals surface area (Å²) in [7, 11) is 0. The zero-order valence-electron chi connectivity index (χ0n) is 12.8. The standard InChI is InChI=1S/C20H15N3/c1-14-9-11-15(12-10-14)17-7-4-8-19(22-17)20-21-13-16-5-2-3-6-18(16)23-20/h2-13H,1H3. The van der Waals surface area contributed by atoms with Crippen LogP contribution in [0.15, 0.2) is 72.9 Å². The topological polar surface area (TPSA) is 38.7 Å². The highest BCUT2D eigenvalue weighted by Gasteiger charge is 2.06. The Morgan fingerprint density at radius 2 is 1.48 bits per heavy atom. The first-order chi connectivity index (χ1) is 11.3. The number of fused-ring (bicyclic) bond motifs is 1. The van der Waals surface area contributed by atoms with E-state index < -0.39 is 0 Å². The molecule has 3 heteroatoms. The van der Waals surface area contributed by atoms with Gasteiger partial charge in [0.2, 0.25) is 0 Å². The molecule has 0 aliphatic rings. The Morgan fingerprint density at radius 1 is 0.696 bits per heavy atom. The largest absolute Gasteiger partial charge is 0.244 e. The summed E-state index contributed by atoms with van der Waals surface area (Å²) in [5.74, 6) is 0.651. The van der Waals surface area contributed by atoms with E-state index in [9.17, 15) is 0 Å². The van der Waals surface area contributed by atoms with Crippen LogP contribution in [0.2, 0.25) is 0 Å². The Hall–Kier alpha value is -3.07. The molecule has 0 atom stereocenters. The van der Waals surface area contributed by atoms with E-state index >= 15 is 0 Å². The lowest BCUT2D eigenvalue weighted by Gasteiger charge is -2.05. The van der Waals surface area contributed by atoms with Gasteiger partial charge < -0.3 is 0 Å². The van der Waals surface area contributed by atoms with Crippen molar-refractivity contribution in [1.29, 1.82) is 0 Å². The van der Waals surface area contributed by atoms with Gasteiger partial charge in [-0.25, -0.2) is 15.0 Å². The molecule has 23 heavy (non-hydrogen) atoms. The summed E-state index contributed by atoms with van der Waals surface area (Å²) in [5.41, 5.74) is 4.98. The number of nitrogens with zero attached hydrogens (tertiary/aromatic N) is 3. The van der Waals surface area contributed by atoms with Crippen LogP contribution in [0.25, 0.3) is 33.7 Å². The van der Waals surface area contributed by atoms with Crippen molar-refractivity contribution in [2.75, 3.05) is 0 Å². The first-order valence-corrected chi connectivity index (χ1v) is 7.56. The third-order valence-electron chi connectivity index (χ3n) is 3.81. The van der Waals surface area contributed by atoms with Crippen LogP contribution in [0.5, 0.6) is 0 Å². The van der Waals surface area contributed by atoms with Crippen LogP contribution in [0.3, 0.4) is 0 Å². The summed E-state index contributed by atoms with van der Waals surface area (Å²) in [6.07, 6.45) is 1.85. The Bertz CT molecular complexity index is 975. The van der Waals surface area contributed by atoms with Gasteiger partial charge in [-0.15, -0.1) is 0 Å². The molecule has 0 saturated heterocycles. The molecule has 110 valence electrons. The number of hydrogen-bond donors (Lipinski definition) is 0. The minimum absolute atomic E-state index is 0.651. The molecule has 3 nitrogen and oxygen atoms in total. The predicted octanol–water partition coefficient (Wildman–Crippen LogP) is 4.67. The van der Waals surface area contributed by atoms with E-state index in [0.717, 1.165) is 27.9 Å². The molecular weight excluding hydrogens is 282 g/mol. The number of aromatic nitrogens is 3. The molecule has 0 aliphatic heterocycles. The average molecular weight is 297 g/mol. The number of aryl methyl sites for hydroxylation is 1. The summed E-state index contributed by atoms with van der Waals surface area (Å²) in [4.78, 5) is 13.8. The molecule has 0 bridgehead atoms. The summed E-state index contributed by atoms with van der Waals surface area (Å²) < 4.78 is 0. The van der Waals surface area contributed by atoms with Crippen LogP contribution >= 0.6 is 0 Å². The summed E-state index contributed by atoms with van der Waals surface area (Å²) in [5, 5.41) is 1.03. The van der Waals surface area contributed by atoms with Gasteiger partial charge in [-0.3, -0.25) is 0 Å². The van der Waals surface area contributed by atoms with Crippen LogP contribution in [-0.4, -0.2) is 15.0 Å². The van der Waals surface area contributed by atoms with E-state index in [1.807, 2.05) is 48.7 Å². The maximum Gasteiger partial charge on any atom is 0.178 e. The molecule has 0 unspecified atom stereocenters. The van der Waals surface area contributed by atoms with Crippen molar-refractivity contribution < 1.29 is 0 Å². The molecule has 4 aromatic rings. The van der Waals surface area contributed by atoms with Crippen molar-refractivity contribution in [3.63, 3.8) is 0 Å². The smallest absolute Gasteiger partial charge is 0.178 e. The molecule has 2 aromatic carbocycles. The van der Waals surface area contributed by atoms with Gasteiger partial charge in [0.15, 0.2) is 5.82 Å². The van der Waals surface area contributed by atoms with Gasteiger partial charge in [0, 0.05) is 17.1 Å². The molecule has 4 rings (SSSR count). The molecule has 0 saturated carbocycles. The third kappa shape index (κ3) is 2.69. The van der Waals surface area contributed by atoms with Gasteiger partial charge >= 0.3 is 0 Å². The highest BCUT2D eigenvalue weighted by atomic mass is 14.9. The van der Waals surface area contributed by atoms with Crippen LogP contribution in [-0.2, 0) is 0 Å². The van der Waals surface area contributed by atoms with Gasteiger partial charge in [-0.2, -0.15) is 0 Å². The van der Waals surface area contributed by atoms with Crippen LogP contribution < -0.4 is 0 Å². The van der Waals surface area contributed by atoms with Crippen LogP contribution in [0, 0.1) is 6.92 Å². The second-order valence-corrected chi connectivity index (χ2v) is 5.53. The Morgan fingerprint density at radius 3 is 2.35 bits per heavy atom. The second-order valence-electron chi connectivity index (χ2n) is 5.53. The van der Waals surface area contributed by atoms with E-state index in [1.165, 1.54) is 5.56 Å². The fourth-order valence-electron chi connectivity index (χ4n) is 2.54. The minimum Gasteiger partial charge on any atom is -0.244 e. The first-order valence-electron chi connectivity index (χ1n) is 7.56. The minimum atomic E-state index is 0.651. The lowest BCUT2D eigenvalue weighted by atomic mass is 10.1. The highest BCUT2D eigenvalue weighted by molar-refractivity contribution is 5.79. The van der Waals surface area contributed by atoms with Crippen LogP contribution in [0.4, 0.5) is 0 Å². The fraction of sp³-hybridized carbons (Fsp3) is 0.0500. The van der Waals surface area contributed by atoms with E-state index in [-0.39, 0.29) is 0 Å². The lowest BCUT2D eigenvalue weighted by molar-refractivity contribution is 1.18. The van der Waals surface area contributed by atoms with Crippen molar-refractivity contribution in [3.05, 3.63) is 78.5 Å². The van der Waals surface area contributed by atoms with E-state index in [1.54, 1.807) is 0 Å². The van der Waals surface area contributed by atoms with Gasteiger partial charge in [0.05, 0.1) is 11.2 Å². The Balaban J connectivity index is 1.79. The Labute approximate surface area is 134 Å². The van der Waals surface area contributed by atoms with E-state index in [2.05, 4.69) is 41.2 Å². The SMILES string of the molecule is Cc1ccc(-c2cccc(-c3ncc4ccccc4n3)n2)cc1. The Kier molecular flexibility index (Phi) is 3.31.